The van der Waals surface area contributed by atoms with Gasteiger partial charge in [0.15, 0.2) is 9.84 Å². The van der Waals surface area contributed by atoms with E-state index in [1.807, 2.05) is 19.1 Å². The number of halogens is 2. The fraction of sp³-hybridized carbons (Fsp3) is 0.333. The van der Waals surface area contributed by atoms with E-state index in [1.54, 1.807) is 24.3 Å². The van der Waals surface area contributed by atoms with Crippen LogP contribution < -0.4 is 5.73 Å². The Hall–Kier alpha value is -1.11. The Labute approximate surface area is 157 Å². The van der Waals surface area contributed by atoms with Crippen LogP contribution in [0.25, 0.3) is 0 Å². The fourth-order valence-corrected chi connectivity index (χ4v) is 5.81. The first kappa shape index (κ1) is 18.7. The van der Waals surface area contributed by atoms with Gasteiger partial charge in [0.2, 0.25) is 0 Å². The maximum absolute atomic E-state index is 13.1. The van der Waals surface area contributed by atoms with E-state index in [0.29, 0.717) is 16.7 Å². The highest BCUT2D eigenvalue weighted by atomic mass is 35.5. The summed E-state index contributed by atoms with van der Waals surface area (Å²) >= 11 is 11.8. The Bertz CT molecular complexity index is 853. The predicted molar refractivity (Wildman–Crippen MR) is 100 cm³/mol. The highest BCUT2D eigenvalue weighted by Crippen LogP contribution is 2.55. The molecule has 1 aliphatic carbocycles. The maximum Gasteiger partial charge on any atom is 0.183 e. The summed E-state index contributed by atoms with van der Waals surface area (Å²) in [5.74, 6) is -0.350. The summed E-state index contributed by atoms with van der Waals surface area (Å²) in [4.78, 5) is 0.213. The van der Waals surface area contributed by atoms with E-state index < -0.39 is 20.6 Å². The van der Waals surface area contributed by atoms with Crippen LogP contribution in [0.2, 0.25) is 10.0 Å². The molecular formula is C18H19Cl2NO3S. The van der Waals surface area contributed by atoms with Crippen molar-refractivity contribution in [1.82, 2.24) is 0 Å². The molecule has 1 saturated carbocycles. The number of nitrogens with two attached hydrogens (primary N) is 1. The molecule has 25 heavy (non-hydrogen) atoms. The Balaban J connectivity index is 1.99. The second-order valence-electron chi connectivity index (χ2n) is 6.20. The summed E-state index contributed by atoms with van der Waals surface area (Å²) in [5, 5.41) is 0.320. The fourth-order valence-electron chi connectivity index (χ4n) is 3.27. The lowest BCUT2D eigenvalue weighted by Gasteiger charge is -2.12. The van der Waals surface area contributed by atoms with Gasteiger partial charge in [0, 0.05) is 22.6 Å². The second-order valence-corrected chi connectivity index (χ2v) is 9.14. The standard InChI is InChI=1S/C18H19Cl2NO3S/c1-2-24-11-18(21)16(12-3-5-13(19)6-4-12)17(18)25(22,23)15-9-7-14(20)8-10-15/h3-10,16-17H,2,11,21H2,1H3/t16-,17+,18+/m1/s1. The Kier molecular flexibility index (Phi) is 5.15. The molecule has 2 aromatic carbocycles. The van der Waals surface area contributed by atoms with Crippen molar-refractivity contribution in [3.8, 4) is 0 Å². The van der Waals surface area contributed by atoms with E-state index >= 15 is 0 Å². The van der Waals surface area contributed by atoms with E-state index in [1.165, 1.54) is 12.1 Å². The summed E-state index contributed by atoms with van der Waals surface area (Å²) in [6, 6.07) is 13.3. The molecule has 0 heterocycles. The summed E-state index contributed by atoms with van der Waals surface area (Å²) in [7, 11) is -3.62. The Morgan fingerprint density at radius 3 is 2.08 bits per heavy atom. The monoisotopic (exact) mass is 399 g/mol. The molecule has 0 saturated heterocycles. The molecule has 7 heteroatoms. The molecular weight excluding hydrogens is 381 g/mol. The van der Waals surface area contributed by atoms with Crippen LogP contribution in [0.15, 0.2) is 53.4 Å². The first-order valence-corrected chi connectivity index (χ1v) is 10.2. The minimum Gasteiger partial charge on any atom is -0.380 e. The van der Waals surface area contributed by atoms with Crippen molar-refractivity contribution in [1.29, 1.82) is 0 Å². The van der Waals surface area contributed by atoms with Crippen molar-refractivity contribution in [3.63, 3.8) is 0 Å². The van der Waals surface area contributed by atoms with Gasteiger partial charge in [-0.25, -0.2) is 8.42 Å². The highest BCUT2D eigenvalue weighted by Gasteiger charge is 2.69. The first-order valence-electron chi connectivity index (χ1n) is 7.92. The molecule has 0 aromatic heterocycles. The normalized spacial score (nSPS) is 25.8. The third-order valence-electron chi connectivity index (χ3n) is 4.56. The molecule has 2 aromatic rings. The maximum atomic E-state index is 13.1. The van der Waals surface area contributed by atoms with Gasteiger partial charge in [-0.15, -0.1) is 0 Å². The molecule has 3 rings (SSSR count). The van der Waals surface area contributed by atoms with Crippen LogP contribution in [0.4, 0.5) is 0 Å². The van der Waals surface area contributed by atoms with Crippen LogP contribution in [-0.4, -0.2) is 32.4 Å². The van der Waals surface area contributed by atoms with Crippen LogP contribution >= 0.6 is 23.2 Å². The Morgan fingerprint density at radius 2 is 1.56 bits per heavy atom. The average Bonchev–Trinajstić information content (AvgIpc) is 3.21. The highest BCUT2D eigenvalue weighted by molar-refractivity contribution is 7.92. The largest absolute Gasteiger partial charge is 0.380 e. The molecule has 0 bridgehead atoms. The second kappa shape index (κ2) is 6.89. The zero-order chi connectivity index (χ0) is 18.2. The number of hydrogen-bond acceptors (Lipinski definition) is 4. The van der Waals surface area contributed by atoms with Crippen LogP contribution in [0.5, 0.6) is 0 Å². The van der Waals surface area contributed by atoms with Crippen LogP contribution in [0.3, 0.4) is 0 Å². The van der Waals surface area contributed by atoms with Crippen molar-refractivity contribution in [3.05, 3.63) is 64.1 Å². The number of hydrogen-bond donors (Lipinski definition) is 1. The molecule has 0 unspecified atom stereocenters. The molecule has 0 radical (unpaired) electrons. The first-order chi connectivity index (χ1) is 11.8. The summed E-state index contributed by atoms with van der Waals surface area (Å²) in [6.45, 7) is 2.50. The molecule has 0 aliphatic heterocycles. The van der Waals surface area contributed by atoms with Gasteiger partial charge in [-0.2, -0.15) is 0 Å². The summed E-state index contributed by atoms with van der Waals surface area (Å²) in [5.41, 5.74) is 6.35. The van der Waals surface area contributed by atoms with E-state index in [-0.39, 0.29) is 17.4 Å². The zero-order valence-electron chi connectivity index (χ0n) is 13.7. The average molecular weight is 400 g/mol. The molecule has 3 atom stereocenters. The van der Waals surface area contributed by atoms with Gasteiger partial charge in [-0.3, -0.25) is 0 Å². The smallest absolute Gasteiger partial charge is 0.183 e. The lowest BCUT2D eigenvalue weighted by atomic mass is 10.1. The topological polar surface area (TPSA) is 69.4 Å². The number of rotatable bonds is 6. The SMILES string of the molecule is CCOC[C@]1(N)[C@H](c2ccc(Cl)cc2)[C@@H]1S(=O)(=O)c1ccc(Cl)cc1. The van der Waals surface area contributed by atoms with Crippen molar-refractivity contribution >= 4 is 33.0 Å². The van der Waals surface area contributed by atoms with E-state index in [9.17, 15) is 8.42 Å². The third kappa shape index (κ3) is 3.44. The lowest BCUT2D eigenvalue weighted by Crippen LogP contribution is -2.36. The van der Waals surface area contributed by atoms with Gasteiger partial charge in [-0.05, 0) is 48.9 Å². The quantitative estimate of drug-likeness (QED) is 0.804. The van der Waals surface area contributed by atoms with Crippen molar-refractivity contribution in [2.75, 3.05) is 13.2 Å². The van der Waals surface area contributed by atoms with Gasteiger partial charge in [0.1, 0.15) is 0 Å². The predicted octanol–water partition coefficient (Wildman–Crippen LogP) is 3.67. The lowest BCUT2D eigenvalue weighted by molar-refractivity contribution is 0.125. The van der Waals surface area contributed by atoms with Gasteiger partial charge < -0.3 is 10.5 Å². The van der Waals surface area contributed by atoms with Gasteiger partial charge in [-0.1, -0.05) is 35.3 Å². The van der Waals surface area contributed by atoms with Gasteiger partial charge in [0.25, 0.3) is 0 Å². The minimum atomic E-state index is -3.62. The van der Waals surface area contributed by atoms with E-state index in [4.69, 9.17) is 33.7 Å². The van der Waals surface area contributed by atoms with E-state index in [2.05, 4.69) is 0 Å². The van der Waals surface area contributed by atoms with Gasteiger partial charge >= 0.3 is 0 Å². The molecule has 0 spiro atoms. The van der Waals surface area contributed by atoms with Crippen LogP contribution in [-0.2, 0) is 14.6 Å². The molecule has 1 fully saturated rings. The zero-order valence-corrected chi connectivity index (χ0v) is 16.0. The van der Waals surface area contributed by atoms with Crippen LogP contribution in [0.1, 0.15) is 18.4 Å². The summed E-state index contributed by atoms with van der Waals surface area (Å²) < 4.78 is 31.7. The molecule has 2 N–H and O–H groups in total. The summed E-state index contributed by atoms with van der Waals surface area (Å²) in [6.07, 6.45) is 0. The van der Waals surface area contributed by atoms with E-state index in [0.717, 1.165) is 5.56 Å². The molecule has 134 valence electrons. The van der Waals surface area contributed by atoms with Crippen molar-refractivity contribution in [2.24, 2.45) is 5.73 Å². The third-order valence-corrected chi connectivity index (χ3v) is 7.38. The molecule has 4 nitrogen and oxygen atoms in total. The molecule has 0 amide bonds. The number of benzene rings is 2. The molecule has 1 aliphatic rings. The number of sulfone groups is 1. The number of ether oxygens (including phenoxy) is 1. The van der Waals surface area contributed by atoms with Crippen molar-refractivity contribution in [2.45, 2.75) is 28.5 Å². The Morgan fingerprint density at radius 1 is 1.04 bits per heavy atom. The minimum absolute atomic E-state index is 0.175. The van der Waals surface area contributed by atoms with Gasteiger partial charge in [0.05, 0.1) is 22.3 Å². The van der Waals surface area contributed by atoms with Crippen LogP contribution in [0, 0.1) is 0 Å². The van der Waals surface area contributed by atoms with Crippen molar-refractivity contribution < 1.29 is 13.2 Å².